The van der Waals surface area contributed by atoms with Crippen molar-refractivity contribution >= 4 is 40.0 Å². The summed E-state index contributed by atoms with van der Waals surface area (Å²) in [5.74, 6) is 0. The van der Waals surface area contributed by atoms with Gasteiger partial charge in [-0.2, -0.15) is 0 Å². The Morgan fingerprint density at radius 1 is 0.724 bits per heavy atom. The fourth-order valence-electron chi connectivity index (χ4n) is 3.78. The van der Waals surface area contributed by atoms with Gasteiger partial charge in [0, 0.05) is 16.8 Å². The van der Waals surface area contributed by atoms with Crippen LogP contribution < -0.4 is 4.90 Å². The molecule has 0 aromatic heterocycles. The van der Waals surface area contributed by atoms with Crippen molar-refractivity contribution in [1.29, 1.82) is 0 Å². The van der Waals surface area contributed by atoms with Crippen molar-refractivity contribution in [2.75, 3.05) is 4.90 Å². The number of hydrogen-bond donors (Lipinski definition) is 0. The quantitative estimate of drug-likeness (QED) is 0.328. The number of fused-ring (bicyclic) bond motifs is 1. The van der Waals surface area contributed by atoms with Crippen LogP contribution in [0.3, 0.4) is 0 Å². The van der Waals surface area contributed by atoms with Crippen LogP contribution in [0.25, 0.3) is 22.9 Å². The predicted octanol–water partition coefficient (Wildman–Crippen LogP) is 8.16. The molecule has 0 aliphatic rings. The second-order valence-electron chi connectivity index (χ2n) is 7.08. The number of nitrogens with zero attached hydrogens (tertiary/aromatic N) is 1. The SMILES string of the molecule is C=Cc1ccc(N(c2ccc(CC)cc2)c2cccc3ccccc23)cc1C=C. The Labute approximate surface area is 173 Å². The van der Waals surface area contributed by atoms with Gasteiger partial charge in [-0.1, -0.05) is 86.8 Å². The maximum Gasteiger partial charge on any atom is 0.0540 e. The molecule has 1 heteroatoms. The number of aryl methyl sites for hydroxylation is 1. The summed E-state index contributed by atoms with van der Waals surface area (Å²) in [6, 6.07) is 30.3. The van der Waals surface area contributed by atoms with Gasteiger partial charge in [0.2, 0.25) is 0 Å². The monoisotopic (exact) mass is 375 g/mol. The van der Waals surface area contributed by atoms with Crippen LogP contribution in [0, 0.1) is 0 Å². The van der Waals surface area contributed by atoms with Crippen molar-refractivity contribution in [3.8, 4) is 0 Å². The zero-order valence-electron chi connectivity index (χ0n) is 16.8. The zero-order valence-corrected chi connectivity index (χ0v) is 16.8. The molecule has 4 aromatic rings. The standard InChI is InChI=1S/C28H25N/c1-4-21-14-17-25(18-15-21)29(26-19-16-22(5-2)23(6-3)20-26)28-13-9-11-24-10-7-8-12-27(24)28/h5-20H,2-4H2,1H3. The minimum absolute atomic E-state index is 1.03. The van der Waals surface area contributed by atoms with Crippen LogP contribution in [0.1, 0.15) is 23.6 Å². The highest BCUT2D eigenvalue weighted by Gasteiger charge is 2.16. The van der Waals surface area contributed by atoms with Crippen molar-refractivity contribution in [2.24, 2.45) is 0 Å². The lowest BCUT2D eigenvalue weighted by molar-refractivity contribution is 1.14. The summed E-state index contributed by atoms with van der Waals surface area (Å²) in [7, 11) is 0. The smallest absolute Gasteiger partial charge is 0.0540 e. The molecule has 0 atom stereocenters. The van der Waals surface area contributed by atoms with E-state index >= 15 is 0 Å². The second-order valence-corrected chi connectivity index (χ2v) is 7.08. The van der Waals surface area contributed by atoms with Crippen LogP contribution in [-0.2, 0) is 6.42 Å². The minimum Gasteiger partial charge on any atom is -0.310 e. The van der Waals surface area contributed by atoms with Crippen molar-refractivity contribution in [3.05, 3.63) is 115 Å². The fourth-order valence-corrected chi connectivity index (χ4v) is 3.78. The van der Waals surface area contributed by atoms with Crippen molar-refractivity contribution in [1.82, 2.24) is 0 Å². The van der Waals surface area contributed by atoms with E-state index in [0.717, 1.165) is 34.6 Å². The third kappa shape index (κ3) is 3.60. The third-order valence-corrected chi connectivity index (χ3v) is 5.38. The van der Waals surface area contributed by atoms with Gasteiger partial charge in [0.15, 0.2) is 0 Å². The molecule has 142 valence electrons. The second kappa shape index (κ2) is 8.20. The van der Waals surface area contributed by atoms with Crippen LogP contribution >= 0.6 is 0 Å². The van der Waals surface area contributed by atoms with E-state index in [1.54, 1.807) is 0 Å². The molecule has 0 spiro atoms. The first-order chi connectivity index (χ1) is 14.2. The average molecular weight is 376 g/mol. The summed E-state index contributed by atoms with van der Waals surface area (Å²) in [6.07, 6.45) is 4.80. The van der Waals surface area contributed by atoms with Crippen LogP contribution in [0.2, 0.25) is 0 Å². The van der Waals surface area contributed by atoms with Gasteiger partial charge < -0.3 is 4.90 Å². The molecule has 0 aliphatic carbocycles. The highest BCUT2D eigenvalue weighted by Crippen LogP contribution is 2.39. The Hall–Kier alpha value is -3.58. The lowest BCUT2D eigenvalue weighted by Gasteiger charge is -2.27. The first kappa shape index (κ1) is 18.8. The van der Waals surface area contributed by atoms with Crippen LogP contribution in [-0.4, -0.2) is 0 Å². The molecule has 0 bridgehead atoms. The van der Waals surface area contributed by atoms with Crippen molar-refractivity contribution in [3.63, 3.8) is 0 Å². The molecule has 1 nitrogen and oxygen atoms in total. The van der Waals surface area contributed by atoms with Gasteiger partial charge in [0.05, 0.1) is 5.69 Å². The third-order valence-electron chi connectivity index (χ3n) is 5.38. The molecule has 4 rings (SSSR count). The molecule has 0 saturated carbocycles. The molecule has 0 radical (unpaired) electrons. The van der Waals surface area contributed by atoms with E-state index in [1.165, 1.54) is 16.3 Å². The largest absolute Gasteiger partial charge is 0.310 e. The van der Waals surface area contributed by atoms with E-state index in [9.17, 15) is 0 Å². The minimum atomic E-state index is 1.03. The molecular formula is C28H25N. The van der Waals surface area contributed by atoms with Crippen LogP contribution in [0.15, 0.2) is 98.1 Å². The Bertz CT molecular complexity index is 1160. The molecule has 0 aliphatic heterocycles. The summed E-state index contributed by atoms with van der Waals surface area (Å²) in [6.45, 7) is 10.1. The highest BCUT2D eigenvalue weighted by molar-refractivity contribution is 5.99. The molecular weight excluding hydrogens is 350 g/mol. The molecule has 0 saturated heterocycles. The van der Waals surface area contributed by atoms with Gasteiger partial charge in [-0.05, 0) is 58.8 Å². The highest BCUT2D eigenvalue weighted by atomic mass is 15.1. The fraction of sp³-hybridized carbons (Fsp3) is 0.0714. The van der Waals surface area contributed by atoms with Crippen LogP contribution in [0.5, 0.6) is 0 Å². The average Bonchev–Trinajstić information content (AvgIpc) is 2.79. The van der Waals surface area contributed by atoms with Gasteiger partial charge in [0.1, 0.15) is 0 Å². The lowest BCUT2D eigenvalue weighted by Crippen LogP contribution is -2.11. The number of hydrogen-bond acceptors (Lipinski definition) is 1. The van der Waals surface area contributed by atoms with E-state index in [1.807, 2.05) is 12.2 Å². The maximum atomic E-state index is 3.99. The Morgan fingerprint density at radius 2 is 1.41 bits per heavy atom. The molecule has 4 aromatic carbocycles. The summed E-state index contributed by atoms with van der Waals surface area (Å²) < 4.78 is 0. The van der Waals surface area contributed by atoms with E-state index < -0.39 is 0 Å². The van der Waals surface area contributed by atoms with Gasteiger partial charge in [0.25, 0.3) is 0 Å². The first-order valence-electron chi connectivity index (χ1n) is 10.0. The van der Waals surface area contributed by atoms with Gasteiger partial charge in [-0.3, -0.25) is 0 Å². The molecule has 0 fully saturated rings. The Kier molecular flexibility index (Phi) is 5.31. The summed E-state index contributed by atoms with van der Waals surface area (Å²) in [5, 5.41) is 2.45. The topological polar surface area (TPSA) is 3.24 Å². The molecule has 29 heavy (non-hydrogen) atoms. The number of anilines is 3. The van der Waals surface area contributed by atoms with Crippen molar-refractivity contribution in [2.45, 2.75) is 13.3 Å². The Balaban J connectivity index is 1.96. The molecule has 0 heterocycles. The maximum absolute atomic E-state index is 3.99. The van der Waals surface area contributed by atoms with Gasteiger partial charge in [-0.15, -0.1) is 0 Å². The molecule has 0 unspecified atom stereocenters. The van der Waals surface area contributed by atoms with E-state index in [-0.39, 0.29) is 0 Å². The summed E-state index contributed by atoms with van der Waals surface area (Å²) in [4.78, 5) is 2.32. The summed E-state index contributed by atoms with van der Waals surface area (Å²) >= 11 is 0. The van der Waals surface area contributed by atoms with E-state index in [2.05, 4.69) is 110 Å². The van der Waals surface area contributed by atoms with E-state index in [0.29, 0.717) is 0 Å². The number of benzene rings is 4. The molecule has 0 amide bonds. The lowest BCUT2D eigenvalue weighted by atomic mass is 10.0. The zero-order chi connectivity index (χ0) is 20.2. The number of rotatable bonds is 6. The van der Waals surface area contributed by atoms with Gasteiger partial charge >= 0.3 is 0 Å². The first-order valence-corrected chi connectivity index (χ1v) is 10.0. The van der Waals surface area contributed by atoms with Gasteiger partial charge in [-0.25, -0.2) is 0 Å². The van der Waals surface area contributed by atoms with Crippen molar-refractivity contribution < 1.29 is 0 Å². The summed E-state index contributed by atoms with van der Waals surface area (Å²) in [5.41, 5.74) is 6.90. The molecule has 0 N–H and O–H groups in total. The van der Waals surface area contributed by atoms with E-state index in [4.69, 9.17) is 0 Å². The Morgan fingerprint density at radius 3 is 2.14 bits per heavy atom. The van der Waals surface area contributed by atoms with Crippen LogP contribution in [0.4, 0.5) is 17.1 Å². The normalized spacial score (nSPS) is 10.7. The predicted molar refractivity (Wildman–Crippen MR) is 128 cm³/mol.